The minimum Gasteiger partial charge on any atom is -0.858 e. The first-order chi connectivity index (χ1) is 11.3. The van der Waals surface area contributed by atoms with Crippen LogP contribution in [0.5, 0.6) is 0 Å². The van der Waals surface area contributed by atoms with Gasteiger partial charge in [0, 0.05) is 10.4 Å². The first kappa shape index (κ1) is 14.1. The second-order valence-corrected chi connectivity index (χ2v) is 6.43. The van der Waals surface area contributed by atoms with E-state index in [2.05, 4.69) is 25.6 Å². The number of rotatable bonds is 3. The molecule has 1 N–H and O–H groups in total. The first-order valence-corrected chi connectivity index (χ1v) is 8.38. The van der Waals surface area contributed by atoms with Gasteiger partial charge in [0.1, 0.15) is 0 Å². The molecule has 0 bridgehead atoms. The minimum atomic E-state index is -0.172. The number of aryl methyl sites for hydroxylation is 1. The van der Waals surface area contributed by atoms with Gasteiger partial charge >= 0.3 is 0 Å². The highest BCUT2D eigenvalue weighted by atomic mass is 32.1. The van der Waals surface area contributed by atoms with Crippen molar-refractivity contribution in [2.24, 2.45) is 4.99 Å². The van der Waals surface area contributed by atoms with Crippen LogP contribution in [0.3, 0.4) is 0 Å². The number of nitrogens with one attached hydrogen (secondary N) is 1. The zero-order valence-electron chi connectivity index (χ0n) is 12.3. The van der Waals surface area contributed by atoms with Crippen LogP contribution < -0.4 is 5.11 Å². The topological polar surface area (TPSA) is 89.9 Å². The molecular weight excluding hydrogens is 310 g/mol. The van der Waals surface area contributed by atoms with Crippen molar-refractivity contribution in [1.29, 1.82) is 0 Å². The number of nitrogens with zero attached hydrogens (tertiary/aromatic N) is 4. The zero-order valence-corrected chi connectivity index (χ0v) is 13.1. The van der Waals surface area contributed by atoms with E-state index in [0.717, 1.165) is 30.4 Å². The smallest absolute Gasteiger partial charge is 0.204 e. The third-order valence-corrected chi connectivity index (χ3v) is 5.06. The summed E-state index contributed by atoms with van der Waals surface area (Å²) in [4.78, 5) is 5.60. The minimum absolute atomic E-state index is 0.172. The van der Waals surface area contributed by atoms with Gasteiger partial charge in [0.05, 0.1) is 5.69 Å². The summed E-state index contributed by atoms with van der Waals surface area (Å²) in [6, 6.07) is 7.30. The largest absolute Gasteiger partial charge is 0.858 e. The van der Waals surface area contributed by atoms with Gasteiger partial charge in [0.25, 0.3) is 0 Å². The molecule has 1 aromatic carbocycles. The number of aromatic amines is 1. The van der Waals surface area contributed by atoms with Crippen molar-refractivity contribution in [2.75, 3.05) is 0 Å². The second kappa shape index (κ2) is 5.92. The fourth-order valence-corrected chi connectivity index (χ4v) is 3.97. The molecule has 1 aliphatic rings. The van der Waals surface area contributed by atoms with Crippen LogP contribution in [0.25, 0.3) is 11.4 Å². The van der Waals surface area contributed by atoms with E-state index in [1.807, 2.05) is 17.5 Å². The van der Waals surface area contributed by atoms with E-state index in [1.54, 1.807) is 23.5 Å². The SMILES string of the molecule is [O-]C(=Nc1cccc(-c2nn[nH]n2)c1)c1csc2c1CCCC2. The molecule has 23 heavy (non-hydrogen) atoms. The van der Waals surface area contributed by atoms with Crippen molar-refractivity contribution in [3.63, 3.8) is 0 Å². The highest BCUT2D eigenvalue weighted by Gasteiger charge is 2.15. The molecule has 1 aliphatic carbocycles. The molecule has 3 aromatic rings. The van der Waals surface area contributed by atoms with Crippen molar-refractivity contribution >= 4 is 22.9 Å². The molecule has 2 aromatic heterocycles. The summed E-state index contributed by atoms with van der Waals surface area (Å²) in [5.41, 5.74) is 3.34. The van der Waals surface area contributed by atoms with E-state index in [9.17, 15) is 5.11 Å². The summed E-state index contributed by atoms with van der Waals surface area (Å²) in [5.74, 6) is 0.317. The average molecular weight is 324 g/mol. The number of hydrogen-bond acceptors (Lipinski definition) is 6. The first-order valence-electron chi connectivity index (χ1n) is 7.50. The van der Waals surface area contributed by atoms with Crippen LogP contribution >= 0.6 is 11.3 Å². The molecule has 4 rings (SSSR count). The number of H-pyrrole nitrogens is 1. The predicted molar refractivity (Wildman–Crippen MR) is 86.8 cm³/mol. The van der Waals surface area contributed by atoms with Crippen molar-refractivity contribution in [2.45, 2.75) is 25.7 Å². The summed E-state index contributed by atoms with van der Waals surface area (Å²) in [5, 5.41) is 28.3. The molecule has 0 atom stereocenters. The molecule has 6 nitrogen and oxygen atoms in total. The normalized spacial score (nSPS) is 14.7. The molecule has 0 amide bonds. The molecule has 0 saturated heterocycles. The molecule has 0 aliphatic heterocycles. The lowest BCUT2D eigenvalue weighted by molar-refractivity contribution is -0.212. The number of fused-ring (bicyclic) bond motifs is 1. The summed E-state index contributed by atoms with van der Waals surface area (Å²) < 4.78 is 0. The van der Waals surface area contributed by atoms with Crippen molar-refractivity contribution in [1.82, 2.24) is 20.6 Å². The lowest BCUT2D eigenvalue weighted by Crippen LogP contribution is -2.20. The number of tetrazole rings is 1. The third-order valence-electron chi connectivity index (χ3n) is 3.97. The van der Waals surface area contributed by atoms with E-state index in [4.69, 9.17) is 0 Å². The second-order valence-electron chi connectivity index (χ2n) is 5.46. The van der Waals surface area contributed by atoms with Crippen LogP contribution in [0.4, 0.5) is 5.69 Å². The number of aromatic nitrogens is 4. The number of hydrogen-bond donors (Lipinski definition) is 1. The van der Waals surface area contributed by atoms with Crippen LogP contribution in [0.1, 0.15) is 28.8 Å². The Labute approximate surface area is 136 Å². The Bertz CT molecular complexity index is 853. The molecule has 0 spiro atoms. The van der Waals surface area contributed by atoms with E-state index in [0.29, 0.717) is 11.5 Å². The van der Waals surface area contributed by atoms with Crippen LogP contribution in [0, 0.1) is 0 Å². The van der Waals surface area contributed by atoms with Gasteiger partial charge in [0.2, 0.25) is 5.82 Å². The molecular formula is C16H14N5OS-. The van der Waals surface area contributed by atoms with Gasteiger partial charge in [-0.05, 0) is 65.4 Å². The lowest BCUT2D eigenvalue weighted by atomic mass is 9.96. The monoisotopic (exact) mass is 324 g/mol. The van der Waals surface area contributed by atoms with Gasteiger partial charge in [-0.25, -0.2) is 0 Å². The van der Waals surface area contributed by atoms with Crippen molar-refractivity contribution in [3.05, 3.63) is 45.6 Å². The number of aliphatic imine (C=N–C) groups is 1. The fraction of sp³-hybridized carbons (Fsp3) is 0.250. The van der Waals surface area contributed by atoms with E-state index in [-0.39, 0.29) is 5.90 Å². The van der Waals surface area contributed by atoms with Gasteiger partial charge in [-0.3, -0.25) is 4.99 Å². The van der Waals surface area contributed by atoms with Gasteiger partial charge in [-0.15, -0.1) is 21.5 Å². The van der Waals surface area contributed by atoms with Crippen LogP contribution in [0.15, 0.2) is 34.6 Å². The Morgan fingerprint density at radius 3 is 3.04 bits per heavy atom. The number of benzene rings is 1. The van der Waals surface area contributed by atoms with Crippen molar-refractivity contribution in [3.8, 4) is 11.4 Å². The average Bonchev–Trinajstić information content (AvgIpc) is 3.25. The number of thiophene rings is 1. The van der Waals surface area contributed by atoms with Crippen molar-refractivity contribution < 1.29 is 5.11 Å². The maximum Gasteiger partial charge on any atom is 0.204 e. The predicted octanol–water partition coefficient (Wildman–Crippen LogP) is 2.25. The van der Waals surface area contributed by atoms with Gasteiger partial charge in [-0.2, -0.15) is 5.21 Å². The van der Waals surface area contributed by atoms with Gasteiger partial charge in [0.15, 0.2) is 0 Å². The van der Waals surface area contributed by atoms with E-state index in [1.165, 1.54) is 16.9 Å². The third kappa shape index (κ3) is 2.75. The maximum absolute atomic E-state index is 12.5. The molecule has 0 fully saturated rings. The molecule has 0 saturated carbocycles. The Morgan fingerprint density at radius 1 is 1.26 bits per heavy atom. The Kier molecular flexibility index (Phi) is 3.63. The van der Waals surface area contributed by atoms with Crippen LogP contribution in [0.2, 0.25) is 0 Å². The molecule has 2 heterocycles. The summed E-state index contributed by atoms with van der Waals surface area (Å²) in [6.45, 7) is 0. The Balaban J connectivity index is 1.67. The molecule has 116 valence electrons. The highest BCUT2D eigenvalue weighted by Crippen LogP contribution is 2.30. The quantitative estimate of drug-likeness (QED) is 0.591. The zero-order chi connectivity index (χ0) is 15.6. The van der Waals surface area contributed by atoms with Crippen LogP contribution in [-0.2, 0) is 12.8 Å². The van der Waals surface area contributed by atoms with Crippen LogP contribution in [-0.4, -0.2) is 26.5 Å². The molecule has 0 unspecified atom stereocenters. The molecule has 7 heteroatoms. The Hall–Kier alpha value is -2.54. The standard InChI is InChI=1S/C16H15N5OS/c22-16(13-9-23-14-7-2-1-6-12(13)14)17-11-5-3-4-10(8-11)15-18-20-21-19-15/h3-5,8-9H,1-2,6-7H2,(H,17,22)(H,18,19,20,21)/p-1. The van der Waals surface area contributed by atoms with E-state index >= 15 is 0 Å². The Morgan fingerprint density at radius 2 is 2.17 bits per heavy atom. The maximum atomic E-state index is 12.5. The van der Waals surface area contributed by atoms with Gasteiger partial charge < -0.3 is 5.11 Å². The van der Waals surface area contributed by atoms with E-state index < -0.39 is 0 Å². The summed E-state index contributed by atoms with van der Waals surface area (Å²) in [6.07, 6.45) is 4.43. The summed E-state index contributed by atoms with van der Waals surface area (Å²) in [7, 11) is 0. The highest BCUT2D eigenvalue weighted by molar-refractivity contribution is 7.10. The summed E-state index contributed by atoms with van der Waals surface area (Å²) >= 11 is 1.68. The molecule has 0 radical (unpaired) electrons. The lowest BCUT2D eigenvalue weighted by Gasteiger charge is -2.16. The van der Waals surface area contributed by atoms with Gasteiger partial charge in [-0.1, -0.05) is 12.1 Å². The fourth-order valence-electron chi connectivity index (χ4n) is 2.85.